The maximum atomic E-state index is 4.09. The molecule has 1 heterocycles. The number of hydrogen-bond donors (Lipinski definition) is 1. The van der Waals surface area contributed by atoms with Gasteiger partial charge in [0.05, 0.1) is 12.9 Å². The SMILES string of the molecule is SCCN1C=NCC1. The summed E-state index contributed by atoms with van der Waals surface area (Å²) in [6.45, 7) is 3.08. The maximum Gasteiger partial charge on any atom is 0.0851 e. The highest BCUT2D eigenvalue weighted by atomic mass is 32.1. The molecular weight excluding hydrogens is 120 g/mol. The Balaban J connectivity index is 2.16. The zero-order valence-electron chi connectivity index (χ0n) is 4.75. The number of rotatable bonds is 2. The molecule has 0 spiro atoms. The van der Waals surface area contributed by atoms with Crippen molar-refractivity contribution in [1.82, 2.24) is 4.90 Å². The van der Waals surface area contributed by atoms with E-state index in [2.05, 4.69) is 22.5 Å². The number of hydrogen-bond acceptors (Lipinski definition) is 3. The number of thiol groups is 1. The van der Waals surface area contributed by atoms with Crippen LogP contribution in [0.4, 0.5) is 0 Å². The monoisotopic (exact) mass is 130 g/mol. The quantitative estimate of drug-likeness (QED) is 0.530. The van der Waals surface area contributed by atoms with Gasteiger partial charge in [-0.2, -0.15) is 12.6 Å². The smallest absolute Gasteiger partial charge is 0.0851 e. The zero-order valence-corrected chi connectivity index (χ0v) is 5.64. The van der Waals surface area contributed by atoms with Gasteiger partial charge in [0.2, 0.25) is 0 Å². The van der Waals surface area contributed by atoms with Crippen LogP contribution in [0.3, 0.4) is 0 Å². The van der Waals surface area contributed by atoms with E-state index >= 15 is 0 Å². The summed E-state index contributed by atoms with van der Waals surface area (Å²) in [7, 11) is 0. The van der Waals surface area contributed by atoms with Crippen molar-refractivity contribution in [3.05, 3.63) is 0 Å². The van der Waals surface area contributed by atoms with Crippen molar-refractivity contribution in [2.45, 2.75) is 0 Å². The van der Waals surface area contributed by atoms with Crippen LogP contribution in [0.5, 0.6) is 0 Å². The summed E-state index contributed by atoms with van der Waals surface area (Å²) in [4.78, 5) is 6.22. The molecule has 0 aliphatic carbocycles. The van der Waals surface area contributed by atoms with Crippen molar-refractivity contribution < 1.29 is 0 Å². The molecule has 2 nitrogen and oxygen atoms in total. The maximum absolute atomic E-state index is 4.09. The molecular formula is C5H10N2S. The first-order chi connectivity index (χ1) is 3.93. The summed E-state index contributed by atoms with van der Waals surface area (Å²) in [5.74, 6) is 0.923. The van der Waals surface area contributed by atoms with E-state index in [4.69, 9.17) is 0 Å². The standard InChI is InChI=1S/C5H10N2S/c8-4-3-7-2-1-6-5-7/h5,8H,1-4H2. The second-order valence-corrected chi connectivity index (χ2v) is 2.23. The predicted octanol–water partition coefficient (Wildman–Crippen LogP) is 0.260. The van der Waals surface area contributed by atoms with Crippen LogP contribution < -0.4 is 0 Å². The molecule has 0 aromatic carbocycles. The van der Waals surface area contributed by atoms with Gasteiger partial charge in [-0.3, -0.25) is 4.99 Å². The summed E-state index contributed by atoms with van der Waals surface area (Å²) < 4.78 is 0. The molecule has 0 bridgehead atoms. The van der Waals surface area contributed by atoms with E-state index in [1.54, 1.807) is 0 Å². The van der Waals surface area contributed by atoms with Crippen LogP contribution in [0.15, 0.2) is 4.99 Å². The first kappa shape index (κ1) is 5.95. The van der Waals surface area contributed by atoms with Gasteiger partial charge in [0, 0.05) is 18.8 Å². The molecule has 0 saturated heterocycles. The Labute approximate surface area is 55.0 Å². The third kappa shape index (κ3) is 1.40. The number of nitrogens with zero attached hydrogens (tertiary/aromatic N) is 2. The zero-order chi connectivity index (χ0) is 5.82. The van der Waals surface area contributed by atoms with Gasteiger partial charge in [-0.05, 0) is 0 Å². The molecule has 0 saturated carbocycles. The molecule has 3 heteroatoms. The molecule has 0 fully saturated rings. The largest absolute Gasteiger partial charge is 0.360 e. The second kappa shape index (κ2) is 2.97. The van der Waals surface area contributed by atoms with Gasteiger partial charge in [-0.15, -0.1) is 0 Å². The van der Waals surface area contributed by atoms with Crippen molar-refractivity contribution >= 4 is 19.0 Å². The first-order valence-corrected chi connectivity index (χ1v) is 3.41. The lowest BCUT2D eigenvalue weighted by Crippen LogP contribution is -2.21. The Morgan fingerprint density at radius 1 is 1.75 bits per heavy atom. The molecule has 0 aromatic heterocycles. The van der Waals surface area contributed by atoms with Crippen molar-refractivity contribution in [1.29, 1.82) is 0 Å². The fraction of sp³-hybridized carbons (Fsp3) is 0.800. The average molecular weight is 130 g/mol. The van der Waals surface area contributed by atoms with E-state index in [9.17, 15) is 0 Å². The van der Waals surface area contributed by atoms with Crippen molar-refractivity contribution in [3.63, 3.8) is 0 Å². The lowest BCUT2D eigenvalue weighted by Gasteiger charge is -2.09. The van der Waals surface area contributed by atoms with Gasteiger partial charge >= 0.3 is 0 Å². The lowest BCUT2D eigenvalue weighted by atomic mass is 10.6. The molecule has 0 amide bonds. The summed E-state index contributed by atoms with van der Waals surface area (Å²) in [6.07, 6.45) is 1.90. The Hall–Kier alpha value is -0.180. The molecule has 0 N–H and O–H groups in total. The molecule has 8 heavy (non-hydrogen) atoms. The van der Waals surface area contributed by atoms with E-state index in [0.29, 0.717) is 0 Å². The Kier molecular flexibility index (Phi) is 2.21. The molecule has 0 atom stereocenters. The first-order valence-electron chi connectivity index (χ1n) is 2.78. The fourth-order valence-corrected chi connectivity index (χ4v) is 0.972. The van der Waals surface area contributed by atoms with Crippen LogP contribution in [0, 0.1) is 0 Å². The van der Waals surface area contributed by atoms with Gasteiger partial charge < -0.3 is 4.90 Å². The molecule has 46 valence electrons. The second-order valence-electron chi connectivity index (χ2n) is 1.78. The summed E-state index contributed by atoms with van der Waals surface area (Å²) >= 11 is 4.09. The minimum atomic E-state index is 0.923. The minimum Gasteiger partial charge on any atom is -0.360 e. The Bertz CT molecular complexity index is 92.4. The van der Waals surface area contributed by atoms with Crippen LogP contribution in [0.25, 0.3) is 0 Å². The Morgan fingerprint density at radius 2 is 2.62 bits per heavy atom. The predicted molar refractivity (Wildman–Crippen MR) is 38.8 cm³/mol. The third-order valence-corrected chi connectivity index (χ3v) is 1.35. The van der Waals surface area contributed by atoms with Crippen molar-refractivity contribution in [2.24, 2.45) is 4.99 Å². The topological polar surface area (TPSA) is 15.6 Å². The van der Waals surface area contributed by atoms with Gasteiger partial charge in [0.1, 0.15) is 0 Å². The van der Waals surface area contributed by atoms with Crippen molar-refractivity contribution in [3.8, 4) is 0 Å². The van der Waals surface area contributed by atoms with Gasteiger partial charge in [-0.25, -0.2) is 0 Å². The molecule has 0 aromatic rings. The van der Waals surface area contributed by atoms with E-state index < -0.39 is 0 Å². The highest BCUT2D eigenvalue weighted by Crippen LogP contribution is 1.91. The van der Waals surface area contributed by atoms with Crippen LogP contribution in [0.2, 0.25) is 0 Å². The molecule has 0 unspecified atom stereocenters. The molecule has 0 radical (unpaired) electrons. The number of aliphatic imine (C=N–C) groups is 1. The Morgan fingerprint density at radius 3 is 3.12 bits per heavy atom. The fourth-order valence-electron chi connectivity index (χ4n) is 0.715. The van der Waals surface area contributed by atoms with E-state index in [1.807, 2.05) is 6.34 Å². The van der Waals surface area contributed by atoms with Crippen molar-refractivity contribution in [2.75, 3.05) is 25.4 Å². The van der Waals surface area contributed by atoms with Crippen LogP contribution in [-0.2, 0) is 0 Å². The van der Waals surface area contributed by atoms with Gasteiger partial charge in [0.15, 0.2) is 0 Å². The highest BCUT2D eigenvalue weighted by molar-refractivity contribution is 7.80. The summed E-state index contributed by atoms with van der Waals surface area (Å²) in [5.41, 5.74) is 0. The molecule has 1 aliphatic heterocycles. The normalized spacial score (nSPS) is 17.9. The highest BCUT2D eigenvalue weighted by Gasteiger charge is 2.01. The van der Waals surface area contributed by atoms with Crippen LogP contribution in [0.1, 0.15) is 0 Å². The van der Waals surface area contributed by atoms with Gasteiger partial charge in [-0.1, -0.05) is 0 Å². The molecule has 1 rings (SSSR count). The molecule has 1 aliphatic rings. The minimum absolute atomic E-state index is 0.923. The van der Waals surface area contributed by atoms with E-state index in [0.717, 1.165) is 25.4 Å². The van der Waals surface area contributed by atoms with Gasteiger partial charge in [0.25, 0.3) is 0 Å². The average Bonchev–Trinajstić information content (AvgIpc) is 2.19. The van der Waals surface area contributed by atoms with E-state index in [1.165, 1.54) is 0 Å². The van der Waals surface area contributed by atoms with Crippen LogP contribution in [-0.4, -0.2) is 36.6 Å². The third-order valence-electron chi connectivity index (χ3n) is 1.15. The summed E-state index contributed by atoms with van der Waals surface area (Å²) in [6, 6.07) is 0. The van der Waals surface area contributed by atoms with Crippen LogP contribution >= 0.6 is 12.6 Å². The lowest BCUT2D eigenvalue weighted by molar-refractivity contribution is 0.499. The summed E-state index contributed by atoms with van der Waals surface area (Å²) in [5, 5.41) is 0. The van der Waals surface area contributed by atoms with E-state index in [-0.39, 0.29) is 0 Å².